The number of ether oxygens (including phenoxy) is 1. The van der Waals surface area contributed by atoms with Crippen molar-refractivity contribution in [2.45, 2.75) is 12.3 Å². The van der Waals surface area contributed by atoms with Crippen LogP contribution in [0.15, 0.2) is 12.1 Å². The van der Waals surface area contributed by atoms with E-state index >= 15 is 0 Å². The van der Waals surface area contributed by atoms with Gasteiger partial charge in [0, 0.05) is 10.4 Å². The van der Waals surface area contributed by atoms with Crippen LogP contribution < -0.4 is 4.74 Å². The third kappa shape index (κ3) is 1.93. The highest BCUT2D eigenvalue weighted by Crippen LogP contribution is 2.27. The molecule has 0 aromatic heterocycles. The summed E-state index contributed by atoms with van der Waals surface area (Å²) in [5, 5.41) is 1.54. The second kappa shape index (κ2) is 4.15. The molecule has 0 radical (unpaired) electrons. The van der Waals surface area contributed by atoms with Gasteiger partial charge in [0.2, 0.25) is 0 Å². The first-order valence-corrected chi connectivity index (χ1v) is 5.08. The van der Waals surface area contributed by atoms with Gasteiger partial charge in [0.05, 0.1) is 7.11 Å². The number of methoxy groups -OCH3 is 1. The molecule has 0 heterocycles. The fourth-order valence-corrected chi connectivity index (χ4v) is 1.93. The van der Waals surface area contributed by atoms with Crippen molar-refractivity contribution in [3.63, 3.8) is 0 Å². The SMILES string of the molecule is COc1cc(CBr)c(Cl)cc1C. The zero-order valence-corrected chi connectivity index (χ0v) is 9.37. The molecular weight excluding hydrogens is 239 g/mol. The van der Waals surface area contributed by atoms with Crippen molar-refractivity contribution in [3.05, 3.63) is 28.3 Å². The number of hydrogen-bond acceptors (Lipinski definition) is 1. The van der Waals surface area contributed by atoms with Crippen LogP contribution in [-0.2, 0) is 5.33 Å². The molecule has 3 heteroatoms. The fraction of sp³-hybridized carbons (Fsp3) is 0.333. The summed E-state index contributed by atoms with van der Waals surface area (Å²) in [6.45, 7) is 1.97. The highest BCUT2D eigenvalue weighted by molar-refractivity contribution is 9.08. The summed E-state index contributed by atoms with van der Waals surface area (Å²) in [5.41, 5.74) is 2.12. The Balaban J connectivity index is 3.18. The molecular formula is C9H10BrClO. The zero-order chi connectivity index (χ0) is 9.14. The van der Waals surface area contributed by atoms with E-state index in [0.29, 0.717) is 0 Å². The molecule has 1 nitrogen and oxygen atoms in total. The van der Waals surface area contributed by atoms with Crippen molar-refractivity contribution in [2.75, 3.05) is 7.11 Å². The van der Waals surface area contributed by atoms with E-state index < -0.39 is 0 Å². The van der Waals surface area contributed by atoms with Crippen LogP contribution in [0.25, 0.3) is 0 Å². The van der Waals surface area contributed by atoms with Crippen LogP contribution in [0.3, 0.4) is 0 Å². The molecule has 0 aliphatic rings. The van der Waals surface area contributed by atoms with Gasteiger partial charge in [-0.25, -0.2) is 0 Å². The molecule has 0 unspecified atom stereocenters. The van der Waals surface area contributed by atoms with Gasteiger partial charge in [-0.05, 0) is 30.2 Å². The van der Waals surface area contributed by atoms with E-state index in [0.717, 1.165) is 27.2 Å². The van der Waals surface area contributed by atoms with Gasteiger partial charge in [0.25, 0.3) is 0 Å². The number of hydrogen-bond donors (Lipinski definition) is 0. The first-order valence-electron chi connectivity index (χ1n) is 3.58. The molecule has 0 spiro atoms. The standard InChI is InChI=1S/C9H10BrClO/c1-6-3-8(11)7(5-10)4-9(6)12-2/h3-4H,5H2,1-2H3. The van der Waals surface area contributed by atoms with Gasteiger partial charge >= 0.3 is 0 Å². The number of benzene rings is 1. The second-order valence-corrected chi connectivity index (χ2v) is 3.51. The van der Waals surface area contributed by atoms with Gasteiger partial charge in [0.15, 0.2) is 0 Å². The molecule has 0 atom stereocenters. The van der Waals surface area contributed by atoms with Crippen molar-refractivity contribution < 1.29 is 4.74 Å². The minimum atomic E-state index is 0.752. The summed E-state index contributed by atoms with van der Waals surface area (Å²) < 4.78 is 5.16. The van der Waals surface area contributed by atoms with Crippen molar-refractivity contribution >= 4 is 27.5 Å². The normalized spacial score (nSPS) is 10.0. The number of rotatable bonds is 2. The van der Waals surface area contributed by atoms with Crippen molar-refractivity contribution in [1.29, 1.82) is 0 Å². The molecule has 12 heavy (non-hydrogen) atoms. The van der Waals surface area contributed by atoms with Gasteiger partial charge < -0.3 is 4.74 Å². The van der Waals surface area contributed by atoms with Gasteiger partial charge in [-0.2, -0.15) is 0 Å². The highest BCUT2D eigenvalue weighted by Gasteiger charge is 2.04. The maximum absolute atomic E-state index is 5.97. The maximum atomic E-state index is 5.97. The van der Waals surface area contributed by atoms with Crippen LogP contribution in [0.2, 0.25) is 5.02 Å². The van der Waals surface area contributed by atoms with Gasteiger partial charge in [-0.15, -0.1) is 0 Å². The van der Waals surface area contributed by atoms with E-state index in [1.165, 1.54) is 0 Å². The molecule has 0 bridgehead atoms. The summed E-state index contributed by atoms with van der Waals surface area (Å²) >= 11 is 9.33. The van der Waals surface area contributed by atoms with E-state index in [4.69, 9.17) is 16.3 Å². The van der Waals surface area contributed by atoms with Crippen LogP contribution in [-0.4, -0.2) is 7.11 Å². The molecule has 0 aliphatic carbocycles. The molecule has 1 aromatic carbocycles. The summed E-state index contributed by atoms with van der Waals surface area (Å²) in [5.74, 6) is 0.883. The lowest BCUT2D eigenvalue weighted by Crippen LogP contribution is -1.89. The first kappa shape index (κ1) is 9.87. The van der Waals surface area contributed by atoms with E-state index in [9.17, 15) is 0 Å². The largest absolute Gasteiger partial charge is 0.496 e. The molecule has 66 valence electrons. The fourth-order valence-electron chi connectivity index (χ4n) is 1.02. The van der Waals surface area contributed by atoms with Crippen LogP contribution in [0.4, 0.5) is 0 Å². The molecule has 1 aromatic rings. The maximum Gasteiger partial charge on any atom is 0.122 e. The van der Waals surface area contributed by atoms with Crippen LogP contribution in [0, 0.1) is 6.92 Å². The first-order chi connectivity index (χ1) is 5.69. The molecule has 1 rings (SSSR count). The summed E-state index contributed by atoms with van der Waals surface area (Å²) in [6.07, 6.45) is 0. The van der Waals surface area contributed by atoms with Gasteiger partial charge in [-0.1, -0.05) is 27.5 Å². The van der Waals surface area contributed by atoms with Crippen LogP contribution in [0.5, 0.6) is 5.75 Å². The minimum absolute atomic E-state index is 0.752. The second-order valence-electron chi connectivity index (χ2n) is 2.55. The summed E-state index contributed by atoms with van der Waals surface area (Å²) in [6, 6.07) is 3.86. The Hall–Kier alpha value is -0.210. The highest BCUT2D eigenvalue weighted by atomic mass is 79.9. The molecule has 0 aliphatic heterocycles. The molecule has 0 N–H and O–H groups in total. The Labute approximate surface area is 85.8 Å². The molecule has 0 saturated carbocycles. The number of alkyl halides is 1. The average Bonchev–Trinajstić information content (AvgIpc) is 2.05. The van der Waals surface area contributed by atoms with E-state index in [2.05, 4.69) is 15.9 Å². The number of halogens is 2. The van der Waals surface area contributed by atoms with E-state index in [1.54, 1.807) is 7.11 Å². The third-order valence-electron chi connectivity index (χ3n) is 1.71. The van der Waals surface area contributed by atoms with Crippen molar-refractivity contribution in [3.8, 4) is 5.75 Å². The van der Waals surface area contributed by atoms with Crippen molar-refractivity contribution in [1.82, 2.24) is 0 Å². The lowest BCUT2D eigenvalue weighted by molar-refractivity contribution is 0.411. The number of aryl methyl sites for hydroxylation is 1. The molecule has 0 amide bonds. The predicted molar refractivity (Wildman–Crippen MR) is 55.4 cm³/mol. The van der Waals surface area contributed by atoms with E-state index in [-0.39, 0.29) is 0 Å². The van der Waals surface area contributed by atoms with Crippen molar-refractivity contribution in [2.24, 2.45) is 0 Å². The lowest BCUT2D eigenvalue weighted by Gasteiger charge is -2.07. The lowest BCUT2D eigenvalue weighted by atomic mass is 10.1. The Morgan fingerprint density at radius 2 is 2.17 bits per heavy atom. The third-order valence-corrected chi connectivity index (χ3v) is 2.66. The Morgan fingerprint density at radius 1 is 1.50 bits per heavy atom. The molecule has 0 fully saturated rings. The smallest absolute Gasteiger partial charge is 0.122 e. The quantitative estimate of drug-likeness (QED) is 0.728. The predicted octanol–water partition coefficient (Wildman–Crippen LogP) is 3.55. The van der Waals surface area contributed by atoms with Crippen LogP contribution >= 0.6 is 27.5 Å². The monoisotopic (exact) mass is 248 g/mol. The summed E-state index contributed by atoms with van der Waals surface area (Å²) in [7, 11) is 1.66. The summed E-state index contributed by atoms with van der Waals surface area (Å²) in [4.78, 5) is 0. The molecule has 0 saturated heterocycles. The Morgan fingerprint density at radius 3 is 2.67 bits per heavy atom. The Kier molecular flexibility index (Phi) is 3.41. The van der Waals surface area contributed by atoms with Crippen LogP contribution in [0.1, 0.15) is 11.1 Å². The average molecular weight is 250 g/mol. The Bertz CT molecular complexity index is 261. The minimum Gasteiger partial charge on any atom is -0.496 e. The topological polar surface area (TPSA) is 9.23 Å². The van der Waals surface area contributed by atoms with Gasteiger partial charge in [-0.3, -0.25) is 0 Å². The zero-order valence-electron chi connectivity index (χ0n) is 7.03. The van der Waals surface area contributed by atoms with E-state index in [1.807, 2.05) is 19.1 Å². The van der Waals surface area contributed by atoms with Gasteiger partial charge in [0.1, 0.15) is 5.75 Å².